The number of rotatable bonds is 4. The van der Waals surface area contributed by atoms with Gasteiger partial charge in [-0.1, -0.05) is 17.8 Å². The van der Waals surface area contributed by atoms with E-state index in [0.29, 0.717) is 4.90 Å². The van der Waals surface area contributed by atoms with E-state index in [1.54, 1.807) is 0 Å². The second kappa shape index (κ2) is 5.32. The van der Waals surface area contributed by atoms with Gasteiger partial charge in [0.25, 0.3) is 5.69 Å². The summed E-state index contributed by atoms with van der Waals surface area (Å²) in [6.45, 7) is 0. The Morgan fingerprint density at radius 2 is 2.05 bits per heavy atom. The normalized spacial score (nSPS) is 11.4. The highest BCUT2D eigenvalue weighted by Crippen LogP contribution is 2.37. The Kier molecular flexibility index (Phi) is 3.93. The van der Waals surface area contributed by atoms with Crippen LogP contribution in [0, 0.1) is 10.1 Å². The standard InChI is InChI=1S/C11H9NO4S3/c1-19(15,16)8-4-5-10(9(7-8)12(13)14)18-11-3-2-6-17-11/h2-7H,1H3. The minimum absolute atomic E-state index is 0.0465. The summed E-state index contributed by atoms with van der Waals surface area (Å²) < 4.78 is 23.7. The van der Waals surface area contributed by atoms with Crippen LogP contribution in [0.2, 0.25) is 0 Å². The maximum atomic E-state index is 11.4. The topological polar surface area (TPSA) is 77.3 Å². The molecule has 0 spiro atoms. The van der Waals surface area contributed by atoms with Gasteiger partial charge >= 0.3 is 0 Å². The number of hydrogen-bond donors (Lipinski definition) is 0. The third-order valence-electron chi connectivity index (χ3n) is 2.26. The number of nitrogens with zero attached hydrogens (tertiary/aromatic N) is 1. The fraction of sp³-hybridized carbons (Fsp3) is 0.0909. The lowest BCUT2D eigenvalue weighted by Gasteiger charge is -2.03. The van der Waals surface area contributed by atoms with Crippen molar-refractivity contribution in [2.45, 2.75) is 14.0 Å². The maximum absolute atomic E-state index is 11.4. The number of hydrogen-bond acceptors (Lipinski definition) is 6. The van der Waals surface area contributed by atoms with Crippen LogP contribution >= 0.6 is 23.1 Å². The molecular weight excluding hydrogens is 306 g/mol. The summed E-state index contributed by atoms with van der Waals surface area (Å²) in [6, 6.07) is 7.66. The molecule has 0 bridgehead atoms. The number of nitro benzene ring substituents is 1. The van der Waals surface area contributed by atoms with Gasteiger partial charge in [0.05, 0.1) is 18.9 Å². The summed E-state index contributed by atoms with van der Waals surface area (Å²) >= 11 is 2.72. The zero-order valence-corrected chi connectivity index (χ0v) is 12.2. The minimum Gasteiger partial charge on any atom is -0.258 e. The number of nitro groups is 1. The highest BCUT2D eigenvalue weighted by atomic mass is 32.2. The molecule has 2 aromatic rings. The van der Waals surface area contributed by atoms with Crippen LogP contribution < -0.4 is 0 Å². The Morgan fingerprint density at radius 1 is 1.32 bits per heavy atom. The van der Waals surface area contributed by atoms with Gasteiger partial charge in [-0.05, 0) is 23.6 Å². The molecule has 19 heavy (non-hydrogen) atoms. The molecule has 1 aromatic heterocycles. The average molecular weight is 315 g/mol. The first-order chi connectivity index (χ1) is 8.88. The van der Waals surface area contributed by atoms with Gasteiger partial charge in [-0.25, -0.2) is 8.42 Å². The average Bonchev–Trinajstić information content (AvgIpc) is 2.80. The molecule has 1 heterocycles. The molecule has 0 saturated heterocycles. The number of benzene rings is 1. The monoisotopic (exact) mass is 315 g/mol. The Labute approximate surface area is 118 Å². The summed E-state index contributed by atoms with van der Waals surface area (Å²) in [5.74, 6) is 0. The van der Waals surface area contributed by atoms with Crippen molar-refractivity contribution >= 4 is 38.6 Å². The molecule has 0 aliphatic heterocycles. The maximum Gasteiger partial charge on any atom is 0.284 e. The third kappa shape index (κ3) is 3.34. The fourth-order valence-electron chi connectivity index (χ4n) is 1.39. The fourth-order valence-corrected chi connectivity index (χ4v) is 3.84. The molecule has 0 N–H and O–H groups in total. The number of sulfone groups is 1. The minimum atomic E-state index is -3.45. The summed E-state index contributed by atoms with van der Waals surface area (Å²) in [4.78, 5) is 10.8. The predicted molar refractivity (Wildman–Crippen MR) is 74.6 cm³/mol. The second-order valence-electron chi connectivity index (χ2n) is 3.69. The molecule has 5 nitrogen and oxygen atoms in total. The van der Waals surface area contributed by atoms with Crippen molar-refractivity contribution in [3.8, 4) is 0 Å². The van der Waals surface area contributed by atoms with Gasteiger partial charge < -0.3 is 0 Å². The van der Waals surface area contributed by atoms with Crippen molar-refractivity contribution in [1.29, 1.82) is 0 Å². The first kappa shape index (κ1) is 14.0. The van der Waals surface area contributed by atoms with Crippen LogP contribution in [0.5, 0.6) is 0 Å². The van der Waals surface area contributed by atoms with E-state index < -0.39 is 14.8 Å². The molecule has 0 radical (unpaired) electrons. The lowest BCUT2D eigenvalue weighted by molar-refractivity contribution is -0.388. The quantitative estimate of drug-likeness (QED) is 0.639. The van der Waals surface area contributed by atoms with Crippen LogP contribution in [0.4, 0.5) is 5.69 Å². The van der Waals surface area contributed by atoms with Crippen molar-refractivity contribution in [1.82, 2.24) is 0 Å². The zero-order valence-electron chi connectivity index (χ0n) is 9.77. The number of thiophene rings is 1. The van der Waals surface area contributed by atoms with Gasteiger partial charge in [0.1, 0.15) is 0 Å². The lowest BCUT2D eigenvalue weighted by atomic mass is 10.3. The largest absolute Gasteiger partial charge is 0.284 e. The van der Waals surface area contributed by atoms with E-state index in [2.05, 4.69) is 0 Å². The molecule has 0 unspecified atom stereocenters. The lowest BCUT2D eigenvalue weighted by Crippen LogP contribution is -1.99. The second-order valence-corrected chi connectivity index (χ2v) is 8.00. The Balaban J connectivity index is 2.47. The third-order valence-corrected chi connectivity index (χ3v) is 5.47. The highest BCUT2D eigenvalue weighted by molar-refractivity contribution is 8.01. The van der Waals surface area contributed by atoms with Gasteiger partial charge in [0, 0.05) is 12.3 Å². The van der Waals surface area contributed by atoms with E-state index in [1.807, 2.05) is 17.5 Å². The van der Waals surface area contributed by atoms with Crippen molar-refractivity contribution in [3.63, 3.8) is 0 Å². The summed E-state index contributed by atoms with van der Waals surface area (Å²) in [5.41, 5.74) is -0.193. The molecule has 8 heteroatoms. The van der Waals surface area contributed by atoms with Crippen LogP contribution in [0.1, 0.15) is 0 Å². The Bertz CT molecular complexity index is 708. The van der Waals surface area contributed by atoms with Gasteiger partial charge in [-0.3, -0.25) is 10.1 Å². The first-order valence-corrected chi connectivity index (χ1v) is 8.66. The summed E-state index contributed by atoms with van der Waals surface area (Å²) in [5, 5.41) is 12.9. The SMILES string of the molecule is CS(=O)(=O)c1ccc(Sc2cccs2)c([N+](=O)[O-])c1. The van der Waals surface area contributed by atoms with Crippen LogP contribution in [0.15, 0.2) is 49.7 Å². The van der Waals surface area contributed by atoms with Crippen molar-refractivity contribution < 1.29 is 13.3 Å². The molecule has 1 aromatic carbocycles. The summed E-state index contributed by atoms with van der Waals surface area (Å²) in [7, 11) is -3.45. The molecule has 0 aliphatic rings. The van der Waals surface area contributed by atoms with Crippen LogP contribution in [-0.4, -0.2) is 19.6 Å². The van der Waals surface area contributed by atoms with Crippen molar-refractivity contribution in [3.05, 3.63) is 45.8 Å². The van der Waals surface area contributed by atoms with E-state index in [-0.39, 0.29) is 10.6 Å². The smallest absolute Gasteiger partial charge is 0.258 e. The van der Waals surface area contributed by atoms with Gasteiger partial charge in [-0.2, -0.15) is 0 Å². The molecule has 0 amide bonds. The van der Waals surface area contributed by atoms with Crippen LogP contribution in [-0.2, 0) is 9.84 Å². The predicted octanol–water partition coefficient (Wildman–Crippen LogP) is 3.21. The van der Waals surface area contributed by atoms with Crippen LogP contribution in [0.25, 0.3) is 0 Å². The van der Waals surface area contributed by atoms with Crippen LogP contribution in [0.3, 0.4) is 0 Å². The molecule has 0 fully saturated rings. The van der Waals surface area contributed by atoms with Gasteiger partial charge in [0.2, 0.25) is 0 Å². The Morgan fingerprint density at radius 3 is 2.58 bits per heavy atom. The van der Waals surface area contributed by atoms with E-state index in [1.165, 1.54) is 35.2 Å². The van der Waals surface area contributed by atoms with E-state index in [4.69, 9.17) is 0 Å². The van der Waals surface area contributed by atoms with E-state index >= 15 is 0 Å². The molecule has 0 saturated carbocycles. The zero-order chi connectivity index (χ0) is 14.0. The Hall–Kier alpha value is -1.38. The van der Waals surface area contributed by atoms with Gasteiger partial charge in [0.15, 0.2) is 9.84 Å². The first-order valence-electron chi connectivity index (χ1n) is 5.08. The summed E-state index contributed by atoms with van der Waals surface area (Å²) in [6.07, 6.45) is 1.03. The van der Waals surface area contributed by atoms with Gasteiger partial charge in [-0.15, -0.1) is 11.3 Å². The van der Waals surface area contributed by atoms with Crippen molar-refractivity contribution in [2.24, 2.45) is 0 Å². The molecule has 0 atom stereocenters. The van der Waals surface area contributed by atoms with E-state index in [9.17, 15) is 18.5 Å². The molecule has 100 valence electrons. The molecular formula is C11H9NO4S3. The van der Waals surface area contributed by atoms with E-state index in [0.717, 1.165) is 16.5 Å². The molecule has 0 aliphatic carbocycles. The molecule has 2 rings (SSSR count). The highest BCUT2D eigenvalue weighted by Gasteiger charge is 2.19. The van der Waals surface area contributed by atoms with Crippen molar-refractivity contribution in [2.75, 3.05) is 6.26 Å².